The Labute approximate surface area is 170 Å². The van der Waals surface area contributed by atoms with Crippen LogP contribution in [0.3, 0.4) is 0 Å². The molecular formula is C23H29F3N2O. The van der Waals surface area contributed by atoms with E-state index in [0.29, 0.717) is 5.39 Å². The zero-order valence-corrected chi connectivity index (χ0v) is 17.3. The van der Waals surface area contributed by atoms with E-state index < -0.39 is 17.6 Å². The topological polar surface area (TPSA) is 32.3 Å². The molecule has 29 heavy (non-hydrogen) atoms. The number of aryl methyl sites for hydroxylation is 1. The quantitative estimate of drug-likeness (QED) is 0.577. The molecule has 0 unspecified atom stereocenters. The van der Waals surface area contributed by atoms with Crippen LogP contribution in [0.2, 0.25) is 0 Å². The van der Waals surface area contributed by atoms with Crippen LogP contribution in [-0.4, -0.2) is 23.6 Å². The number of alkyl halides is 3. The van der Waals surface area contributed by atoms with Crippen LogP contribution in [0.5, 0.6) is 0 Å². The predicted molar refractivity (Wildman–Crippen MR) is 109 cm³/mol. The summed E-state index contributed by atoms with van der Waals surface area (Å²) in [4.78, 5) is 12.1. The first-order chi connectivity index (χ1) is 13.6. The highest BCUT2D eigenvalue weighted by Gasteiger charge is 2.51. The molecule has 1 aliphatic rings. The fraction of sp³-hybridized carbons (Fsp3) is 0.522. The lowest BCUT2D eigenvalue weighted by molar-refractivity contribution is -0.191. The molecular weight excluding hydrogens is 377 g/mol. The molecule has 0 aliphatic carbocycles. The molecule has 1 saturated heterocycles. The summed E-state index contributed by atoms with van der Waals surface area (Å²) in [7, 11) is 0. The van der Waals surface area contributed by atoms with E-state index in [1.807, 2.05) is 18.2 Å². The van der Waals surface area contributed by atoms with E-state index in [9.17, 15) is 18.0 Å². The maximum Gasteiger partial charge on any atom is 0.409 e. The van der Waals surface area contributed by atoms with Gasteiger partial charge in [-0.2, -0.15) is 13.2 Å². The molecule has 6 heteroatoms. The van der Waals surface area contributed by atoms with Gasteiger partial charge in [0.15, 0.2) is 6.04 Å². The Morgan fingerprint density at radius 1 is 1.07 bits per heavy atom. The Morgan fingerprint density at radius 2 is 1.76 bits per heavy atom. The first-order valence-corrected chi connectivity index (χ1v) is 10.3. The van der Waals surface area contributed by atoms with Gasteiger partial charge in [-0.15, -0.1) is 0 Å². The van der Waals surface area contributed by atoms with Crippen molar-refractivity contribution in [1.82, 2.24) is 10.4 Å². The maximum atomic E-state index is 14.2. The van der Waals surface area contributed by atoms with E-state index in [1.165, 1.54) is 0 Å². The first-order valence-electron chi connectivity index (χ1n) is 10.3. The molecule has 2 aromatic carbocycles. The second-order valence-corrected chi connectivity index (χ2v) is 8.57. The summed E-state index contributed by atoms with van der Waals surface area (Å²) in [6.45, 7) is 5.48. The number of halogens is 3. The number of hydrazine groups is 1. The van der Waals surface area contributed by atoms with Crippen LogP contribution >= 0.6 is 0 Å². The molecule has 3 nitrogen and oxygen atoms in total. The fourth-order valence-electron chi connectivity index (χ4n) is 4.08. The smallest absolute Gasteiger partial charge is 0.287 e. The van der Waals surface area contributed by atoms with Gasteiger partial charge < -0.3 is 0 Å². The van der Waals surface area contributed by atoms with Gasteiger partial charge in [0.25, 0.3) is 0 Å². The van der Waals surface area contributed by atoms with Crippen LogP contribution in [0.1, 0.15) is 63.6 Å². The van der Waals surface area contributed by atoms with Crippen molar-refractivity contribution in [2.45, 2.75) is 65.1 Å². The number of hydrogen-bond donors (Lipinski definition) is 1. The summed E-state index contributed by atoms with van der Waals surface area (Å²) >= 11 is 0. The molecule has 1 amide bonds. The van der Waals surface area contributed by atoms with E-state index in [4.69, 9.17) is 0 Å². The summed E-state index contributed by atoms with van der Waals surface area (Å²) in [5.74, 6) is -0.386. The summed E-state index contributed by atoms with van der Waals surface area (Å²) in [5, 5.41) is 2.51. The predicted octanol–water partition coefficient (Wildman–Crippen LogP) is 5.94. The van der Waals surface area contributed by atoms with E-state index in [1.54, 1.807) is 32.0 Å². The summed E-state index contributed by atoms with van der Waals surface area (Å²) < 4.78 is 42.5. The number of benzene rings is 2. The molecule has 1 N–H and O–H groups in total. The molecule has 0 saturated carbocycles. The van der Waals surface area contributed by atoms with Crippen LogP contribution in [0, 0.1) is 5.41 Å². The zero-order chi connectivity index (χ0) is 21.2. The van der Waals surface area contributed by atoms with Gasteiger partial charge in [-0.05, 0) is 48.6 Å². The monoisotopic (exact) mass is 406 g/mol. The highest BCUT2D eigenvalue weighted by molar-refractivity contribution is 5.89. The number of carbonyl (C=O) groups is 1. The molecule has 0 bridgehead atoms. The number of carbonyl (C=O) groups excluding carboxylic acids is 1. The van der Waals surface area contributed by atoms with Gasteiger partial charge in [-0.1, -0.05) is 62.6 Å². The number of fused-ring (bicyclic) bond motifs is 1. The minimum atomic E-state index is -4.51. The van der Waals surface area contributed by atoms with Crippen molar-refractivity contribution in [2.75, 3.05) is 6.54 Å². The molecule has 1 heterocycles. The van der Waals surface area contributed by atoms with Crippen molar-refractivity contribution in [1.29, 1.82) is 0 Å². The largest absolute Gasteiger partial charge is 0.409 e. The molecule has 0 spiro atoms. The molecule has 0 radical (unpaired) electrons. The molecule has 0 aromatic heterocycles. The first kappa shape index (κ1) is 21.6. The van der Waals surface area contributed by atoms with Gasteiger partial charge in [0.2, 0.25) is 5.91 Å². The number of nitrogens with zero attached hydrogens (tertiary/aromatic N) is 1. The maximum absolute atomic E-state index is 14.2. The van der Waals surface area contributed by atoms with Crippen molar-refractivity contribution in [3.63, 3.8) is 0 Å². The third kappa shape index (κ3) is 4.58. The van der Waals surface area contributed by atoms with Crippen LogP contribution in [0.25, 0.3) is 10.8 Å². The van der Waals surface area contributed by atoms with E-state index in [2.05, 4.69) is 12.3 Å². The van der Waals surface area contributed by atoms with Crippen LogP contribution < -0.4 is 5.43 Å². The molecule has 3 rings (SSSR count). The minimum absolute atomic E-state index is 0.00308. The van der Waals surface area contributed by atoms with Gasteiger partial charge in [0.1, 0.15) is 0 Å². The third-order valence-electron chi connectivity index (χ3n) is 5.69. The van der Waals surface area contributed by atoms with Crippen molar-refractivity contribution in [2.24, 2.45) is 5.41 Å². The SMILES string of the molecule is CCCCCCc1ccc([C@H](N2CC(C)(C)C(=O)N2)C(F)(F)F)c2ccccc12. The Balaban J connectivity index is 2.01. The number of hydrogen-bond acceptors (Lipinski definition) is 2. The van der Waals surface area contributed by atoms with Crippen LogP contribution in [0.15, 0.2) is 36.4 Å². The second kappa shape index (κ2) is 8.34. The minimum Gasteiger partial charge on any atom is -0.287 e. The average Bonchev–Trinajstić information content (AvgIpc) is 2.91. The summed E-state index contributed by atoms with van der Waals surface area (Å²) in [6.07, 6.45) is 0.786. The Morgan fingerprint density at radius 3 is 2.34 bits per heavy atom. The van der Waals surface area contributed by atoms with E-state index in [0.717, 1.165) is 48.1 Å². The highest BCUT2D eigenvalue weighted by Crippen LogP contribution is 2.43. The molecule has 1 fully saturated rings. The van der Waals surface area contributed by atoms with Crippen LogP contribution in [0.4, 0.5) is 13.2 Å². The standard InChI is InChI=1S/C23H29F3N2O/c1-4-5-6-7-10-16-13-14-19(18-12-9-8-11-17(16)18)20(23(24,25)26)28-15-22(2,3)21(29)27-28/h8-9,11-14,20H,4-7,10,15H2,1-3H3,(H,27,29)/t20-/m0/s1. The number of rotatable bonds is 7. The van der Waals surface area contributed by atoms with Crippen LogP contribution in [-0.2, 0) is 11.2 Å². The van der Waals surface area contributed by atoms with Crippen molar-refractivity contribution < 1.29 is 18.0 Å². The lowest BCUT2D eigenvalue weighted by atomic mass is 9.91. The van der Waals surface area contributed by atoms with Gasteiger partial charge in [-0.25, -0.2) is 5.01 Å². The molecule has 2 aromatic rings. The third-order valence-corrected chi connectivity index (χ3v) is 5.69. The lowest BCUT2D eigenvalue weighted by Crippen LogP contribution is -2.43. The molecule has 1 atom stereocenters. The van der Waals surface area contributed by atoms with Gasteiger partial charge in [0.05, 0.1) is 5.41 Å². The molecule has 1 aliphatic heterocycles. The summed E-state index contributed by atoms with van der Waals surface area (Å²) in [6, 6.07) is 8.82. The van der Waals surface area contributed by atoms with Crippen molar-refractivity contribution in [3.8, 4) is 0 Å². The highest BCUT2D eigenvalue weighted by atomic mass is 19.4. The second-order valence-electron chi connectivity index (χ2n) is 8.57. The Kier molecular flexibility index (Phi) is 6.22. The Bertz CT molecular complexity index is 876. The van der Waals surface area contributed by atoms with Gasteiger partial charge in [0, 0.05) is 6.54 Å². The zero-order valence-electron chi connectivity index (χ0n) is 17.3. The van der Waals surface area contributed by atoms with Crippen molar-refractivity contribution in [3.05, 3.63) is 47.5 Å². The number of unbranched alkanes of at least 4 members (excludes halogenated alkanes) is 3. The normalized spacial score (nSPS) is 18.2. The van der Waals surface area contributed by atoms with Crippen molar-refractivity contribution >= 4 is 16.7 Å². The summed E-state index contributed by atoms with van der Waals surface area (Å²) in [5.41, 5.74) is 2.85. The van der Waals surface area contributed by atoms with E-state index in [-0.39, 0.29) is 18.0 Å². The number of nitrogens with one attached hydrogen (secondary N) is 1. The molecule has 158 valence electrons. The lowest BCUT2D eigenvalue weighted by Gasteiger charge is -2.31. The fourth-order valence-corrected chi connectivity index (χ4v) is 4.08. The van der Waals surface area contributed by atoms with E-state index >= 15 is 0 Å². The van der Waals surface area contributed by atoms with Gasteiger partial charge in [-0.3, -0.25) is 10.2 Å². The average molecular weight is 406 g/mol. The van der Waals surface area contributed by atoms with Gasteiger partial charge >= 0.3 is 6.18 Å². The Hall–Kier alpha value is -2.08. The number of amides is 1.